The number of methoxy groups -OCH3 is 2. The summed E-state index contributed by atoms with van der Waals surface area (Å²) in [5.41, 5.74) is 1.78. The molecule has 0 N–H and O–H groups in total. The summed E-state index contributed by atoms with van der Waals surface area (Å²) in [7, 11) is 3.21. The van der Waals surface area contributed by atoms with E-state index in [1.807, 2.05) is 42.5 Å². The molecule has 0 saturated carbocycles. The number of ether oxygens (including phenoxy) is 2. The van der Waals surface area contributed by atoms with Gasteiger partial charge in [0.2, 0.25) is 0 Å². The van der Waals surface area contributed by atoms with Crippen molar-refractivity contribution >= 4 is 23.5 Å². The van der Waals surface area contributed by atoms with Gasteiger partial charge in [0.25, 0.3) is 0 Å². The molecule has 0 unspecified atom stereocenters. The van der Waals surface area contributed by atoms with Gasteiger partial charge in [-0.3, -0.25) is 4.99 Å². The molecule has 3 nitrogen and oxygen atoms in total. The SMILES string of the molecule is COc1ccc(N=Cc2ccc(Cl)cc2)cc1OC. The zero-order valence-electron chi connectivity index (χ0n) is 10.8. The fourth-order valence-corrected chi connectivity index (χ4v) is 1.73. The lowest BCUT2D eigenvalue weighted by Gasteiger charge is -2.07. The van der Waals surface area contributed by atoms with E-state index in [0.29, 0.717) is 16.5 Å². The summed E-state index contributed by atoms with van der Waals surface area (Å²) in [4.78, 5) is 4.39. The standard InChI is InChI=1S/C15H14ClNO2/c1-18-14-8-7-13(9-15(14)19-2)17-10-11-3-5-12(16)6-4-11/h3-10H,1-2H3. The molecule has 2 aromatic rings. The number of aliphatic imine (C=N–C) groups is 1. The highest BCUT2D eigenvalue weighted by Crippen LogP contribution is 2.30. The number of hydrogen-bond acceptors (Lipinski definition) is 3. The van der Waals surface area contributed by atoms with Crippen molar-refractivity contribution < 1.29 is 9.47 Å². The topological polar surface area (TPSA) is 30.8 Å². The molecule has 0 aromatic heterocycles. The minimum absolute atomic E-state index is 0.660. The van der Waals surface area contributed by atoms with Crippen LogP contribution in [0, 0.1) is 0 Å². The second-order valence-corrected chi connectivity index (χ2v) is 4.29. The van der Waals surface area contributed by atoms with Crippen molar-refractivity contribution in [2.45, 2.75) is 0 Å². The van der Waals surface area contributed by atoms with Crippen LogP contribution in [0.5, 0.6) is 11.5 Å². The van der Waals surface area contributed by atoms with E-state index in [1.54, 1.807) is 20.4 Å². The number of halogens is 1. The fraction of sp³-hybridized carbons (Fsp3) is 0.133. The van der Waals surface area contributed by atoms with Crippen LogP contribution in [0.1, 0.15) is 5.56 Å². The highest BCUT2D eigenvalue weighted by Gasteiger charge is 2.03. The molecule has 98 valence electrons. The Hall–Kier alpha value is -2.00. The Labute approximate surface area is 117 Å². The van der Waals surface area contributed by atoms with E-state index in [2.05, 4.69) is 4.99 Å². The Morgan fingerprint density at radius 2 is 1.63 bits per heavy atom. The Bertz CT molecular complexity index is 579. The van der Waals surface area contributed by atoms with Gasteiger partial charge in [-0.1, -0.05) is 23.7 Å². The molecule has 0 heterocycles. The summed E-state index contributed by atoms with van der Waals surface area (Å²) < 4.78 is 10.4. The Balaban J connectivity index is 2.21. The van der Waals surface area contributed by atoms with E-state index in [4.69, 9.17) is 21.1 Å². The van der Waals surface area contributed by atoms with Crippen LogP contribution in [0.3, 0.4) is 0 Å². The van der Waals surface area contributed by atoms with Gasteiger partial charge in [-0.05, 0) is 29.8 Å². The van der Waals surface area contributed by atoms with Crippen LogP contribution < -0.4 is 9.47 Å². The molecule has 19 heavy (non-hydrogen) atoms. The molecule has 2 rings (SSSR count). The van der Waals surface area contributed by atoms with Crippen LogP contribution in [0.4, 0.5) is 5.69 Å². The Morgan fingerprint density at radius 1 is 0.947 bits per heavy atom. The van der Waals surface area contributed by atoms with E-state index < -0.39 is 0 Å². The van der Waals surface area contributed by atoms with Gasteiger partial charge >= 0.3 is 0 Å². The molecule has 0 bridgehead atoms. The summed E-state index contributed by atoms with van der Waals surface area (Å²) in [5, 5.41) is 0.711. The third kappa shape index (κ3) is 3.48. The first-order valence-electron chi connectivity index (χ1n) is 5.74. The van der Waals surface area contributed by atoms with Gasteiger partial charge < -0.3 is 9.47 Å². The number of rotatable bonds is 4. The van der Waals surface area contributed by atoms with Gasteiger partial charge in [-0.15, -0.1) is 0 Å². The highest BCUT2D eigenvalue weighted by molar-refractivity contribution is 6.30. The Morgan fingerprint density at radius 3 is 2.26 bits per heavy atom. The third-order valence-electron chi connectivity index (χ3n) is 2.60. The first-order chi connectivity index (χ1) is 9.22. The molecule has 0 radical (unpaired) electrons. The second-order valence-electron chi connectivity index (χ2n) is 3.85. The number of nitrogens with zero attached hydrogens (tertiary/aromatic N) is 1. The molecule has 0 amide bonds. The van der Waals surface area contributed by atoms with Crippen LogP contribution in [0.2, 0.25) is 5.02 Å². The van der Waals surface area contributed by atoms with E-state index >= 15 is 0 Å². The van der Waals surface area contributed by atoms with Crippen molar-refractivity contribution in [1.82, 2.24) is 0 Å². The van der Waals surface area contributed by atoms with E-state index in [0.717, 1.165) is 11.3 Å². The molecule has 0 atom stereocenters. The highest BCUT2D eigenvalue weighted by atomic mass is 35.5. The van der Waals surface area contributed by atoms with Crippen molar-refractivity contribution in [2.24, 2.45) is 4.99 Å². The minimum atomic E-state index is 0.660. The zero-order chi connectivity index (χ0) is 13.7. The molecule has 0 fully saturated rings. The van der Waals surface area contributed by atoms with Crippen molar-refractivity contribution in [2.75, 3.05) is 14.2 Å². The molecule has 0 saturated heterocycles. The van der Waals surface area contributed by atoms with Gasteiger partial charge in [0.1, 0.15) is 0 Å². The maximum Gasteiger partial charge on any atom is 0.162 e. The average molecular weight is 276 g/mol. The lowest BCUT2D eigenvalue weighted by molar-refractivity contribution is 0.355. The summed E-state index contributed by atoms with van der Waals surface area (Å²) in [6.45, 7) is 0. The van der Waals surface area contributed by atoms with E-state index in [9.17, 15) is 0 Å². The monoisotopic (exact) mass is 275 g/mol. The lowest BCUT2D eigenvalue weighted by atomic mass is 10.2. The molecule has 0 spiro atoms. The van der Waals surface area contributed by atoms with Gasteiger partial charge in [-0.25, -0.2) is 0 Å². The second kappa shape index (κ2) is 6.25. The number of hydrogen-bond donors (Lipinski definition) is 0. The largest absolute Gasteiger partial charge is 0.493 e. The summed E-state index contributed by atoms with van der Waals surface area (Å²) in [6.07, 6.45) is 1.78. The molecule has 0 aliphatic rings. The van der Waals surface area contributed by atoms with Crippen LogP contribution in [0.25, 0.3) is 0 Å². The minimum Gasteiger partial charge on any atom is -0.493 e. The van der Waals surface area contributed by atoms with Crippen molar-refractivity contribution in [3.8, 4) is 11.5 Å². The van der Waals surface area contributed by atoms with Crippen LogP contribution in [-0.2, 0) is 0 Å². The van der Waals surface area contributed by atoms with E-state index in [1.165, 1.54) is 0 Å². The number of benzene rings is 2. The third-order valence-corrected chi connectivity index (χ3v) is 2.85. The van der Waals surface area contributed by atoms with Gasteiger partial charge in [-0.2, -0.15) is 0 Å². The first kappa shape index (κ1) is 13.4. The maximum absolute atomic E-state index is 5.83. The van der Waals surface area contributed by atoms with Gasteiger partial charge in [0.05, 0.1) is 19.9 Å². The predicted molar refractivity (Wildman–Crippen MR) is 78.3 cm³/mol. The first-order valence-corrected chi connectivity index (χ1v) is 6.12. The van der Waals surface area contributed by atoms with Crippen LogP contribution in [-0.4, -0.2) is 20.4 Å². The lowest BCUT2D eigenvalue weighted by Crippen LogP contribution is -1.89. The molecular weight excluding hydrogens is 262 g/mol. The quantitative estimate of drug-likeness (QED) is 0.786. The van der Waals surface area contributed by atoms with Crippen molar-refractivity contribution in [3.63, 3.8) is 0 Å². The maximum atomic E-state index is 5.83. The zero-order valence-corrected chi connectivity index (χ0v) is 11.5. The van der Waals surface area contributed by atoms with Crippen molar-refractivity contribution in [1.29, 1.82) is 0 Å². The summed E-state index contributed by atoms with van der Waals surface area (Å²) in [6, 6.07) is 13.0. The predicted octanol–water partition coefficient (Wildman–Crippen LogP) is 4.11. The molecule has 0 aliphatic carbocycles. The Kier molecular flexibility index (Phi) is 4.42. The molecular formula is C15H14ClNO2. The normalized spacial score (nSPS) is 10.7. The smallest absolute Gasteiger partial charge is 0.162 e. The van der Waals surface area contributed by atoms with E-state index in [-0.39, 0.29) is 0 Å². The van der Waals surface area contributed by atoms with Gasteiger partial charge in [0.15, 0.2) is 11.5 Å². The summed E-state index contributed by atoms with van der Waals surface area (Å²) >= 11 is 5.83. The van der Waals surface area contributed by atoms with Crippen LogP contribution in [0.15, 0.2) is 47.5 Å². The van der Waals surface area contributed by atoms with Gasteiger partial charge in [0, 0.05) is 17.3 Å². The van der Waals surface area contributed by atoms with Crippen LogP contribution >= 0.6 is 11.6 Å². The average Bonchev–Trinajstić information content (AvgIpc) is 2.46. The fourth-order valence-electron chi connectivity index (χ4n) is 1.60. The molecule has 0 aliphatic heterocycles. The molecule has 2 aromatic carbocycles. The van der Waals surface area contributed by atoms with Crippen molar-refractivity contribution in [3.05, 3.63) is 53.1 Å². The summed E-state index contributed by atoms with van der Waals surface area (Å²) in [5.74, 6) is 1.35. The molecule has 4 heteroatoms.